The number of amides is 1. The van der Waals surface area contributed by atoms with Gasteiger partial charge < -0.3 is 21.7 Å². The number of hydrogen-bond donors (Lipinski definition) is 4. The van der Waals surface area contributed by atoms with Crippen molar-refractivity contribution in [2.45, 2.75) is 25.3 Å². The van der Waals surface area contributed by atoms with Crippen molar-refractivity contribution in [2.75, 3.05) is 23.7 Å². The SMILES string of the molecule is NC(=O)c1cnc(Nc2ccc(C3CCNCC3)cc2)cc1NCc1ccccc1. The van der Waals surface area contributed by atoms with Crippen LogP contribution >= 0.6 is 0 Å². The number of nitrogens with one attached hydrogen (secondary N) is 3. The standard InChI is InChI=1S/C24H27N5O/c25-24(30)21-16-28-23(14-22(21)27-15-17-4-2-1-3-5-17)29-20-8-6-18(7-9-20)19-10-12-26-13-11-19/h1-9,14,16,19,26H,10-13,15H2,(H2,25,30)(H2,27,28,29). The Morgan fingerprint density at radius 2 is 1.80 bits per heavy atom. The van der Waals surface area contributed by atoms with Gasteiger partial charge in [0.2, 0.25) is 0 Å². The van der Waals surface area contributed by atoms with Gasteiger partial charge in [0.15, 0.2) is 0 Å². The second kappa shape index (κ2) is 9.41. The Morgan fingerprint density at radius 3 is 2.50 bits per heavy atom. The Bertz CT molecular complexity index is 982. The van der Waals surface area contributed by atoms with Gasteiger partial charge in [-0.15, -0.1) is 0 Å². The van der Waals surface area contributed by atoms with E-state index in [1.807, 2.05) is 36.4 Å². The average Bonchev–Trinajstić information content (AvgIpc) is 2.79. The quantitative estimate of drug-likeness (QED) is 0.480. The minimum atomic E-state index is -0.504. The maximum absolute atomic E-state index is 11.8. The number of pyridine rings is 1. The Balaban J connectivity index is 1.47. The van der Waals surface area contributed by atoms with Gasteiger partial charge >= 0.3 is 0 Å². The lowest BCUT2D eigenvalue weighted by molar-refractivity contribution is 0.100. The van der Waals surface area contributed by atoms with Crippen LogP contribution in [0.5, 0.6) is 0 Å². The van der Waals surface area contributed by atoms with Crippen molar-refractivity contribution in [3.05, 3.63) is 83.6 Å². The van der Waals surface area contributed by atoms with Crippen molar-refractivity contribution in [1.82, 2.24) is 10.3 Å². The minimum Gasteiger partial charge on any atom is -0.380 e. The van der Waals surface area contributed by atoms with E-state index in [1.165, 1.54) is 24.6 Å². The molecule has 2 aromatic carbocycles. The Labute approximate surface area is 176 Å². The maximum atomic E-state index is 11.8. The number of carbonyl (C=O) groups is 1. The summed E-state index contributed by atoms with van der Waals surface area (Å²) in [5, 5.41) is 10.0. The predicted molar refractivity (Wildman–Crippen MR) is 121 cm³/mol. The highest BCUT2D eigenvalue weighted by atomic mass is 16.1. The molecule has 1 aromatic heterocycles. The Morgan fingerprint density at radius 1 is 1.07 bits per heavy atom. The van der Waals surface area contributed by atoms with Gasteiger partial charge in [0.25, 0.3) is 5.91 Å². The predicted octanol–water partition coefficient (Wildman–Crippen LogP) is 4.00. The Hall–Kier alpha value is -3.38. The van der Waals surface area contributed by atoms with Crippen LogP contribution in [0.15, 0.2) is 66.9 Å². The number of aromatic nitrogens is 1. The molecule has 1 saturated heterocycles. The van der Waals surface area contributed by atoms with Crippen LogP contribution in [-0.2, 0) is 6.54 Å². The molecule has 1 aliphatic heterocycles. The first kappa shape index (κ1) is 19.9. The molecule has 0 saturated carbocycles. The number of benzene rings is 2. The molecule has 1 fully saturated rings. The van der Waals surface area contributed by atoms with Crippen LogP contribution in [0.1, 0.15) is 40.2 Å². The van der Waals surface area contributed by atoms with Gasteiger partial charge in [-0.25, -0.2) is 4.98 Å². The maximum Gasteiger partial charge on any atom is 0.252 e. The van der Waals surface area contributed by atoms with E-state index in [0.717, 1.165) is 24.3 Å². The molecule has 4 rings (SSSR count). The lowest BCUT2D eigenvalue weighted by Crippen LogP contribution is -2.26. The summed E-state index contributed by atoms with van der Waals surface area (Å²) in [5.41, 5.74) is 10.0. The smallest absolute Gasteiger partial charge is 0.252 e. The Kier molecular flexibility index (Phi) is 6.25. The zero-order chi connectivity index (χ0) is 20.8. The second-order valence-corrected chi connectivity index (χ2v) is 7.59. The molecule has 0 atom stereocenters. The molecular weight excluding hydrogens is 374 g/mol. The number of piperidine rings is 1. The number of primary amides is 1. The van der Waals surface area contributed by atoms with Crippen molar-refractivity contribution < 1.29 is 4.79 Å². The summed E-state index contributed by atoms with van der Waals surface area (Å²) in [6, 6.07) is 20.4. The van der Waals surface area contributed by atoms with Crippen LogP contribution in [0.4, 0.5) is 17.2 Å². The van der Waals surface area contributed by atoms with Gasteiger partial charge in [-0.05, 0) is 55.1 Å². The van der Waals surface area contributed by atoms with E-state index >= 15 is 0 Å². The van der Waals surface area contributed by atoms with E-state index in [4.69, 9.17) is 5.73 Å². The molecule has 0 aliphatic carbocycles. The fourth-order valence-electron chi connectivity index (χ4n) is 3.80. The summed E-state index contributed by atoms with van der Waals surface area (Å²) < 4.78 is 0. The number of rotatable bonds is 7. The fourth-order valence-corrected chi connectivity index (χ4v) is 3.80. The van der Waals surface area contributed by atoms with Crippen LogP contribution in [0, 0.1) is 0 Å². The number of nitrogens with zero attached hydrogens (tertiary/aromatic N) is 1. The first-order valence-corrected chi connectivity index (χ1v) is 10.3. The van der Waals surface area contributed by atoms with Crippen molar-refractivity contribution >= 4 is 23.1 Å². The highest BCUT2D eigenvalue weighted by molar-refractivity contribution is 5.98. The summed E-state index contributed by atoms with van der Waals surface area (Å²) in [4.78, 5) is 16.2. The van der Waals surface area contributed by atoms with Crippen LogP contribution in [0.2, 0.25) is 0 Å². The van der Waals surface area contributed by atoms with E-state index in [9.17, 15) is 4.79 Å². The fraction of sp³-hybridized carbons (Fsp3) is 0.250. The number of hydrogen-bond acceptors (Lipinski definition) is 5. The lowest BCUT2D eigenvalue weighted by Gasteiger charge is -2.23. The highest BCUT2D eigenvalue weighted by Gasteiger charge is 2.15. The van der Waals surface area contributed by atoms with Crippen molar-refractivity contribution in [3.63, 3.8) is 0 Å². The minimum absolute atomic E-state index is 0.373. The first-order valence-electron chi connectivity index (χ1n) is 10.3. The van der Waals surface area contributed by atoms with Crippen LogP contribution in [0.25, 0.3) is 0 Å². The van der Waals surface area contributed by atoms with Crippen molar-refractivity contribution in [3.8, 4) is 0 Å². The van der Waals surface area contributed by atoms with Crippen LogP contribution < -0.4 is 21.7 Å². The van der Waals surface area contributed by atoms with E-state index in [2.05, 4.69) is 45.2 Å². The summed E-state index contributed by atoms with van der Waals surface area (Å²) in [7, 11) is 0. The third-order valence-electron chi connectivity index (χ3n) is 5.49. The van der Waals surface area contributed by atoms with E-state index < -0.39 is 5.91 Å². The summed E-state index contributed by atoms with van der Waals surface area (Å²) in [5.74, 6) is 0.781. The van der Waals surface area contributed by atoms with Gasteiger partial charge in [-0.2, -0.15) is 0 Å². The zero-order valence-corrected chi connectivity index (χ0v) is 16.9. The molecule has 1 amide bonds. The number of carbonyl (C=O) groups excluding carboxylic acids is 1. The summed E-state index contributed by atoms with van der Waals surface area (Å²) in [6.45, 7) is 2.76. The molecule has 30 heavy (non-hydrogen) atoms. The first-order chi connectivity index (χ1) is 14.7. The molecular formula is C24H27N5O. The van der Waals surface area contributed by atoms with Gasteiger partial charge in [0.1, 0.15) is 5.82 Å². The van der Waals surface area contributed by atoms with Gasteiger partial charge in [-0.3, -0.25) is 4.79 Å². The normalized spacial score (nSPS) is 14.3. The van der Waals surface area contributed by atoms with Gasteiger partial charge in [0, 0.05) is 24.5 Å². The number of anilines is 3. The van der Waals surface area contributed by atoms with E-state index in [-0.39, 0.29) is 0 Å². The van der Waals surface area contributed by atoms with Gasteiger partial charge in [-0.1, -0.05) is 42.5 Å². The van der Waals surface area contributed by atoms with Crippen molar-refractivity contribution in [2.24, 2.45) is 5.73 Å². The van der Waals surface area contributed by atoms with Crippen molar-refractivity contribution in [1.29, 1.82) is 0 Å². The largest absolute Gasteiger partial charge is 0.380 e. The van der Waals surface area contributed by atoms with E-state index in [1.54, 1.807) is 0 Å². The second-order valence-electron chi connectivity index (χ2n) is 7.59. The molecule has 5 N–H and O–H groups in total. The molecule has 0 radical (unpaired) electrons. The molecule has 0 unspecified atom stereocenters. The zero-order valence-electron chi connectivity index (χ0n) is 16.9. The topological polar surface area (TPSA) is 92.1 Å². The molecule has 154 valence electrons. The van der Waals surface area contributed by atoms with Crippen LogP contribution in [0.3, 0.4) is 0 Å². The molecule has 3 aromatic rings. The molecule has 0 spiro atoms. The summed E-state index contributed by atoms with van der Waals surface area (Å²) in [6.07, 6.45) is 3.88. The average molecular weight is 402 g/mol. The summed E-state index contributed by atoms with van der Waals surface area (Å²) >= 11 is 0. The molecule has 2 heterocycles. The third kappa shape index (κ3) is 4.96. The van der Waals surface area contributed by atoms with Crippen LogP contribution in [-0.4, -0.2) is 24.0 Å². The van der Waals surface area contributed by atoms with Gasteiger partial charge in [0.05, 0.1) is 11.3 Å². The highest BCUT2D eigenvalue weighted by Crippen LogP contribution is 2.27. The monoisotopic (exact) mass is 401 g/mol. The molecule has 1 aliphatic rings. The lowest BCUT2D eigenvalue weighted by atomic mass is 9.90. The third-order valence-corrected chi connectivity index (χ3v) is 5.49. The molecule has 0 bridgehead atoms. The molecule has 6 heteroatoms. The number of nitrogens with two attached hydrogens (primary N) is 1. The molecule has 6 nitrogen and oxygen atoms in total. The van der Waals surface area contributed by atoms with E-state index in [0.29, 0.717) is 29.5 Å².